The maximum absolute atomic E-state index is 12.5. The van der Waals surface area contributed by atoms with E-state index in [2.05, 4.69) is 4.43 Å². The molecule has 0 radical (unpaired) electrons. The van der Waals surface area contributed by atoms with E-state index in [0.29, 0.717) is 0 Å². The van der Waals surface area contributed by atoms with Gasteiger partial charge < -0.3 is 4.43 Å². The molecule has 0 bridgehead atoms. The van der Waals surface area contributed by atoms with E-state index in [1.54, 1.807) is 0 Å². The molecular formula is C7H7F9OSi. The molecule has 0 aromatic carbocycles. The molecule has 0 saturated carbocycles. The van der Waals surface area contributed by atoms with Crippen LogP contribution in [0.2, 0.25) is 6.04 Å². The summed E-state index contributed by atoms with van der Waals surface area (Å²) in [7, 11) is -6.48. The second-order valence-corrected chi connectivity index (χ2v) is 7.39. The van der Waals surface area contributed by atoms with E-state index in [1.165, 1.54) is 0 Å². The van der Waals surface area contributed by atoms with E-state index in [-0.39, 0.29) is 0 Å². The monoisotopic (exact) mass is 306 g/mol. The van der Waals surface area contributed by atoms with Crippen molar-refractivity contribution < 1.29 is 43.9 Å². The van der Waals surface area contributed by atoms with Gasteiger partial charge in [0.05, 0.1) is 0 Å². The largest absolute Gasteiger partial charge is 0.434 e. The number of halogens is 9. The first kappa shape index (κ1) is 15.6. The summed E-state index contributed by atoms with van der Waals surface area (Å²) < 4.78 is 115. The molecule has 11 heteroatoms. The summed E-state index contributed by atoms with van der Waals surface area (Å²) in [6.45, 7) is 0. The van der Waals surface area contributed by atoms with Gasteiger partial charge in [-0.1, -0.05) is 6.42 Å². The Morgan fingerprint density at radius 1 is 0.833 bits per heavy atom. The van der Waals surface area contributed by atoms with Crippen molar-refractivity contribution in [1.29, 1.82) is 0 Å². The summed E-state index contributed by atoms with van der Waals surface area (Å²) in [5.74, 6) is -11.6. The summed E-state index contributed by atoms with van der Waals surface area (Å²) in [4.78, 5) is 0. The van der Waals surface area contributed by atoms with Crippen LogP contribution >= 0.6 is 0 Å². The molecule has 1 aliphatic heterocycles. The number of alkyl halides is 9. The minimum Gasteiger partial charge on any atom is -0.390 e. The second kappa shape index (κ2) is 4.29. The Morgan fingerprint density at radius 2 is 1.28 bits per heavy atom. The average molecular weight is 306 g/mol. The Balaban J connectivity index is 3.14. The lowest BCUT2D eigenvalue weighted by Gasteiger charge is -2.41. The first-order valence-corrected chi connectivity index (χ1v) is 6.81. The molecule has 0 N–H and O–H groups in total. The predicted molar refractivity (Wildman–Crippen MR) is 42.8 cm³/mol. The third-order valence-corrected chi connectivity index (χ3v) is 6.20. The van der Waals surface area contributed by atoms with Gasteiger partial charge in [-0.3, -0.25) is 0 Å². The van der Waals surface area contributed by atoms with Crippen molar-refractivity contribution in [2.75, 3.05) is 0 Å². The zero-order valence-electron chi connectivity index (χ0n) is 8.51. The van der Waals surface area contributed by atoms with Crippen LogP contribution in [-0.2, 0) is 4.43 Å². The predicted octanol–water partition coefficient (Wildman–Crippen LogP) is 3.88. The highest BCUT2D eigenvalue weighted by molar-refractivity contribution is 6.77. The van der Waals surface area contributed by atoms with Crippen LogP contribution in [0.5, 0.6) is 0 Å². The minimum atomic E-state index is -6.48. The van der Waals surface area contributed by atoms with E-state index >= 15 is 0 Å². The van der Waals surface area contributed by atoms with Crippen LogP contribution in [0.3, 0.4) is 0 Å². The maximum atomic E-state index is 12.5. The number of hydrogen-bond donors (Lipinski definition) is 0. The lowest BCUT2D eigenvalue weighted by molar-refractivity contribution is -0.223. The molecule has 1 rings (SSSR count). The highest BCUT2D eigenvalue weighted by Gasteiger charge is 2.78. The Labute approximate surface area is 96.0 Å². The van der Waals surface area contributed by atoms with E-state index in [0.717, 1.165) is 0 Å². The lowest BCUT2D eigenvalue weighted by atomic mass is 10.2. The Morgan fingerprint density at radius 3 is 1.61 bits per heavy atom. The molecule has 1 heterocycles. The molecule has 18 heavy (non-hydrogen) atoms. The van der Waals surface area contributed by atoms with Crippen molar-refractivity contribution in [3.05, 3.63) is 0 Å². The fourth-order valence-corrected chi connectivity index (χ4v) is 4.42. The first-order chi connectivity index (χ1) is 7.81. The second-order valence-electron chi connectivity index (χ2n) is 3.86. The molecule has 0 spiro atoms. The van der Waals surface area contributed by atoms with Gasteiger partial charge in [0.25, 0.3) is 0 Å². The summed E-state index contributed by atoms with van der Waals surface area (Å²) in [5.41, 5.74) is 0. The summed E-state index contributed by atoms with van der Waals surface area (Å²) >= 11 is 0. The van der Waals surface area contributed by atoms with Gasteiger partial charge in [-0.2, -0.15) is 39.5 Å². The molecule has 1 atom stereocenters. The SMILES string of the molecule is FC(F)(F)C1CCC[Si](C(F)(F)F)(C(F)(F)F)O1. The van der Waals surface area contributed by atoms with Crippen molar-refractivity contribution in [3.8, 4) is 0 Å². The standard InChI is InChI=1S/C7H7F9OSi/c8-5(9,10)4-2-1-3-18(17-4,6(11,12)13)7(14,15)16/h4H,1-3H2. The van der Waals surface area contributed by atoms with Crippen molar-refractivity contribution in [2.24, 2.45) is 0 Å². The normalized spacial score (nSPS) is 26.2. The zero-order chi connectivity index (χ0) is 14.4. The average Bonchev–Trinajstić information content (AvgIpc) is 2.13. The van der Waals surface area contributed by atoms with Gasteiger partial charge in [0.2, 0.25) is 0 Å². The maximum Gasteiger partial charge on any atom is 0.434 e. The van der Waals surface area contributed by atoms with Crippen molar-refractivity contribution in [2.45, 2.75) is 42.8 Å². The smallest absolute Gasteiger partial charge is 0.390 e. The highest BCUT2D eigenvalue weighted by Crippen LogP contribution is 2.50. The van der Waals surface area contributed by atoms with Crippen molar-refractivity contribution in [1.82, 2.24) is 0 Å². The lowest BCUT2D eigenvalue weighted by Crippen LogP contribution is -2.68. The topological polar surface area (TPSA) is 9.23 Å². The van der Waals surface area contributed by atoms with Gasteiger partial charge in [-0.05, 0) is 12.5 Å². The molecule has 0 aromatic rings. The van der Waals surface area contributed by atoms with Gasteiger partial charge in [0, 0.05) is 0 Å². The van der Waals surface area contributed by atoms with E-state index < -0.39 is 51.1 Å². The summed E-state index contributed by atoms with van der Waals surface area (Å²) in [6, 6.07) is -1.42. The van der Waals surface area contributed by atoms with Gasteiger partial charge in [0.1, 0.15) is 6.10 Å². The zero-order valence-corrected chi connectivity index (χ0v) is 9.51. The Bertz CT molecular complexity index is 290. The fourth-order valence-electron chi connectivity index (χ4n) is 1.71. The molecule has 1 saturated heterocycles. The van der Waals surface area contributed by atoms with Crippen LogP contribution in [0.1, 0.15) is 12.8 Å². The molecule has 0 amide bonds. The fraction of sp³-hybridized carbons (Fsp3) is 1.00. The van der Waals surface area contributed by atoms with Gasteiger partial charge in [-0.15, -0.1) is 0 Å². The molecule has 0 aromatic heterocycles. The van der Waals surface area contributed by atoms with Crippen LogP contribution in [0.25, 0.3) is 0 Å². The van der Waals surface area contributed by atoms with Crippen molar-refractivity contribution in [3.63, 3.8) is 0 Å². The first-order valence-electron chi connectivity index (χ1n) is 4.69. The Kier molecular flexibility index (Phi) is 3.72. The van der Waals surface area contributed by atoms with E-state index in [9.17, 15) is 39.5 Å². The van der Waals surface area contributed by atoms with Crippen LogP contribution in [-0.4, -0.2) is 32.2 Å². The molecule has 1 unspecified atom stereocenters. The molecule has 0 aliphatic carbocycles. The highest BCUT2D eigenvalue weighted by atomic mass is 28.4. The number of hydrogen-bond acceptors (Lipinski definition) is 1. The molecule has 1 aliphatic rings. The third-order valence-electron chi connectivity index (χ3n) is 2.62. The summed E-state index contributed by atoms with van der Waals surface area (Å²) in [6.07, 6.45) is -9.92. The number of rotatable bonds is 0. The quantitative estimate of drug-likeness (QED) is 0.487. The summed E-state index contributed by atoms with van der Waals surface area (Å²) in [5, 5.41) is 0. The van der Waals surface area contributed by atoms with Crippen LogP contribution in [0.4, 0.5) is 39.5 Å². The van der Waals surface area contributed by atoms with E-state index in [1.807, 2.05) is 0 Å². The molecular weight excluding hydrogens is 299 g/mol. The van der Waals surface area contributed by atoms with Crippen LogP contribution in [0, 0.1) is 0 Å². The molecule has 108 valence electrons. The molecule has 1 nitrogen and oxygen atoms in total. The Hall–Kier alpha value is -0.453. The van der Waals surface area contributed by atoms with Gasteiger partial charge in [0.15, 0.2) is 0 Å². The van der Waals surface area contributed by atoms with Crippen LogP contribution < -0.4 is 0 Å². The van der Waals surface area contributed by atoms with Gasteiger partial charge in [-0.25, -0.2) is 0 Å². The van der Waals surface area contributed by atoms with Crippen LogP contribution in [0.15, 0.2) is 0 Å². The van der Waals surface area contributed by atoms with Crippen molar-refractivity contribution >= 4 is 8.32 Å². The van der Waals surface area contributed by atoms with E-state index in [4.69, 9.17) is 0 Å². The minimum absolute atomic E-state index is 0.810. The molecule has 1 fully saturated rings. The third kappa shape index (κ3) is 2.60. The van der Waals surface area contributed by atoms with Gasteiger partial charge >= 0.3 is 26.1 Å².